The van der Waals surface area contributed by atoms with Gasteiger partial charge in [0.1, 0.15) is 10.7 Å². The van der Waals surface area contributed by atoms with E-state index in [1.54, 1.807) is 0 Å². The summed E-state index contributed by atoms with van der Waals surface area (Å²) < 4.78 is 39.0. The zero-order valence-electron chi connectivity index (χ0n) is 14.2. The van der Waals surface area contributed by atoms with Gasteiger partial charge in [-0.1, -0.05) is 6.07 Å². The lowest BCUT2D eigenvalue weighted by molar-refractivity contribution is -0.385. The Balaban J connectivity index is 2.41. The van der Waals surface area contributed by atoms with E-state index in [1.165, 1.54) is 39.2 Å². The number of carbonyl (C=O) groups excluding carboxylic acids is 1. The minimum atomic E-state index is -4.07. The molecule has 0 saturated heterocycles. The fourth-order valence-corrected chi connectivity index (χ4v) is 3.17. The van der Waals surface area contributed by atoms with Gasteiger partial charge in [-0.3, -0.25) is 14.9 Å². The summed E-state index contributed by atoms with van der Waals surface area (Å²) in [5, 5.41) is 13.4. The van der Waals surface area contributed by atoms with Crippen molar-refractivity contribution in [3.05, 3.63) is 63.5 Å². The molecule has 0 radical (unpaired) electrons. The third kappa shape index (κ3) is 3.70. The van der Waals surface area contributed by atoms with Crippen LogP contribution in [0.3, 0.4) is 0 Å². The summed E-state index contributed by atoms with van der Waals surface area (Å²) in [5.41, 5.74) is 0.176. The molecule has 0 fully saturated rings. The molecule has 0 aliphatic heterocycles. The maximum Gasteiger partial charge on any atom is 0.274 e. The minimum Gasteiger partial charge on any atom is -0.321 e. The van der Waals surface area contributed by atoms with E-state index in [4.69, 9.17) is 0 Å². The van der Waals surface area contributed by atoms with Crippen LogP contribution in [0.4, 0.5) is 15.8 Å². The fraction of sp³-hybridized carbons (Fsp3) is 0.188. The molecule has 0 aromatic heterocycles. The summed E-state index contributed by atoms with van der Waals surface area (Å²) >= 11 is 0. The standard InChI is InChI=1S/C16H16FN3O5S/c1-10-13(5-4-6-14(10)20(22)23)18-16(21)11-7-8-12(17)15(9-11)26(24,25)19(2)3/h4-9H,1-3H3,(H,18,21). The lowest BCUT2D eigenvalue weighted by Gasteiger charge is -2.13. The second-order valence-corrected chi connectivity index (χ2v) is 7.71. The number of carbonyl (C=O) groups is 1. The first kappa shape index (κ1) is 19.5. The topological polar surface area (TPSA) is 110 Å². The van der Waals surface area contributed by atoms with Gasteiger partial charge in [-0.2, -0.15) is 0 Å². The Morgan fingerprint density at radius 1 is 1.23 bits per heavy atom. The van der Waals surface area contributed by atoms with Crippen LogP contribution in [0.5, 0.6) is 0 Å². The van der Waals surface area contributed by atoms with Crippen LogP contribution < -0.4 is 5.32 Å². The van der Waals surface area contributed by atoms with Crippen molar-refractivity contribution in [1.29, 1.82) is 0 Å². The van der Waals surface area contributed by atoms with Gasteiger partial charge in [-0.25, -0.2) is 17.1 Å². The van der Waals surface area contributed by atoms with Gasteiger partial charge in [0.25, 0.3) is 11.6 Å². The van der Waals surface area contributed by atoms with Crippen LogP contribution in [-0.2, 0) is 10.0 Å². The number of hydrogen-bond donors (Lipinski definition) is 1. The first-order chi connectivity index (χ1) is 12.1. The van der Waals surface area contributed by atoms with E-state index in [1.807, 2.05) is 0 Å². The van der Waals surface area contributed by atoms with Gasteiger partial charge in [0.15, 0.2) is 0 Å². The van der Waals surface area contributed by atoms with Crippen molar-refractivity contribution in [2.24, 2.45) is 0 Å². The molecule has 138 valence electrons. The van der Waals surface area contributed by atoms with Crippen molar-refractivity contribution in [1.82, 2.24) is 4.31 Å². The molecule has 0 spiro atoms. The first-order valence-corrected chi connectivity index (χ1v) is 8.77. The lowest BCUT2D eigenvalue weighted by atomic mass is 10.1. The highest BCUT2D eigenvalue weighted by Gasteiger charge is 2.24. The molecule has 0 aliphatic rings. The molecule has 1 amide bonds. The third-order valence-corrected chi connectivity index (χ3v) is 5.53. The zero-order valence-corrected chi connectivity index (χ0v) is 15.0. The first-order valence-electron chi connectivity index (χ1n) is 7.33. The van der Waals surface area contributed by atoms with Crippen LogP contribution in [0.15, 0.2) is 41.3 Å². The molecule has 0 bridgehead atoms. The van der Waals surface area contributed by atoms with Crippen LogP contribution >= 0.6 is 0 Å². The summed E-state index contributed by atoms with van der Waals surface area (Å²) in [4.78, 5) is 22.1. The quantitative estimate of drug-likeness (QED) is 0.632. The molecular weight excluding hydrogens is 365 g/mol. The van der Waals surface area contributed by atoms with Gasteiger partial charge in [-0.15, -0.1) is 0 Å². The van der Waals surface area contributed by atoms with Gasteiger partial charge >= 0.3 is 0 Å². The Labute approximate surface area is 149 Å². The molecule has 0 atom stereocenters. The summed E-state index contributed by atoms with van der Waals surface area (Å²) in [5.74, 6) is -1.70. The molecule has 0 unspecified atom stereocenters. The SMILES string of the molecule is Cc1c(NC(=O)c2ccc(F)c(S(=O)(=O)N(C)C)c2)cccc1[N+](=O)[O-]. The van der Waals surface area contributed by atoms with Crippen molar-refractivity contribution in [2.45, 2.75) is 11.8 Å². The van der Waals surface area contributed by atoms with E-state index in [9.17, 15) is 27.7 Å². The van der Waals surface area contributed by atoms with Crippen LogP contribution in [0.25, 0.3) is 0 Å². The molecule has 26 heavy (non-hydrogen) atoms. The number of sulfonamides is 1. The second kappa shape index (κ2) is 7.18. The van der Waals surface area contributed by atoms with E-state index >= 15 is 0 Å². The molecule has 2 aromatic rings. The smallest absolute Gasteiger partial charge is 0.274 e. The monoisotopic (exact) mass is 381 g/mol. The molecule has 10 heteroatoms. The van der Waals surface area contributed by atoms with Gasteiger partial charge < -0.3 is 5.32 Å². The lowest BCUT2D eigenvalue weighted by Crippen LogP contribution is -2.24. The number of halogens is 1. The number of nitrogens with zero attached hydrogens (tertiary/aromatic N) is 2. The number of nitrogens with one attached hydrogen (secondary N) is 1. The molecule has 0 aliphatic carbocycles. The number of benzene rings is 2. The van der Waals surface area contributed by atoms with E-state index in [0.717, 1.165) is 22.5 Å². The maximum absolute atomic E-state index is 13.9. The molecule has 2 rings (SSSR count). The van der Waals surface area contributed by atoms with Crippen molar-refractivity contribution in [3.8, 4) is 0 Å². The molecule has 8 nitrogen and oxygen atoms in total. The highest BCUT2D eigenvalue weighted by atomic mass is 32.2. The second-order valence-electron chi connectivity index (χ2n) is 5.59. The summed E-state index contributed by atoms with van der Waals surface area (Å²) in [7, 11) is -1.59. The maximum atomic E-state index is 13.9. The molecule has 2 aromatic carbocycles. The number of anilines is 1. The highest BCUT2D eigenvalue weighted by molar-refractivity contribution is 7.89. The number of nitro benzene ring substituents is 1. The van der Waals surface area contributed by atoms with Gasteiger partial charge in [0.2, 0.25) is 10.0 Å². The predicted molar refractivity (Wildman–Crippen MR) is 93.1 cm³/mol. The van der Waals surface area contributed by atoms with Gasteiger partial charge in [0.05, 0.1) is 16.2 Å². The Morgan fingerprint density at radius 3 is 2.46 bits per heavy atom. The molecular formula is C16H16FN3O5S. The van der Waals surface area contributed by atoms with E-state index in [0.29, 0.717) is 0 Å². The van der Waals surface area contributed by atoms with E-state index < -0.39 is 31.6 Å². The number of nitro groups is 1. The highest BCUT2D eigenvalue weighted by Crippen LogP contribution is 2.26. The fourth-order valence-electron chi connectivity index (χ4n) is 2.19. The van der Waals surface area contributed by atoms with Crippen LogP contribution in [0.1, 0.15) is 15.9 Å². The van der Waals surface area contributed by atoms with E-state index in [-0.39, 0.29) is 22.5 Å². The Hall–Kier alpha value is -2.85. The van der Waals surface area contributed by atoms with Gasteiger partial charge in [-0.05, 0) is 31.2 Å². The third-order valence-electron chi connectivity index (χ3n) is 3.70. The normalized spacial score (nSPS) is 11.4. The summed E-state index contributed by atoms with van der Waals surface area (Å²) in [6.45, 7) is 1.47. The Morgan fingerprint density at radius 2 is 1.88 bits per heavy atom. The average molecular weight is 381 g/mol. The largest absolute Gasteiger partial charge is 0.321 e. The van der Waals surface area contributed by atoms with E-state index in [2.05, 4.69) is 5.32 Å². The minimum absolute atomic E-state index is 0.0993. The van der Waals surface area contributed by atoms with Crippen LogP contribution in [-0.4, -0.2) is 37.6 Å². The summed E-state index contributed by atoms with van der Waals surface area (Å²) in [6.07, 6.45) is 0. The Kier molecular flexibility index (Phi) is 5.38. The number of amides is 1. The van der Waals surface area contributed by atoms with Crippen molar-refractivity contribution in [2.75, 3.05) is 19.4 Å². The van der Waals surface area contributed by atoms with Crippen molar-refractivity contribution >= 4 is 27.3 Å². The van der Waals surface area contributed by atoms with Crippen molar-refractivity contribution in [3.63, 3.8) is 0 Å². The van der Waals surface area contributed by atoms with Crippen LogP contribution in [0, 0.1) is 22.9 Å². The van der Waals surface area contributed by atoms with Gasteiger partial charge in [0, 0.05) is 25.7 Å². The van der Waals surface area contributed by atoms with Crippen LogP contribution in [0.2, 0.25) is 0 Å². The molecule has 1 N–H and O–H groups in total. The molecule has 0 heterocycles. The molecule has 0 saturated carbocycles. The zero-order chi connectivity index (χ0) is 19.6. The number of hydrogen-bond acceptors (Lipinski definition) is 5. The Bertz CT molecular complexity index is 989. The van der Waals surface area contributed by atoms with Crippen molar-refractivity contribution < 1.29 is 22.5 Å². The predicted octanol–water partition coefficient (Wildman–Crippen LogP) is 2.54. The summed E-state index contributed by atoms with van der Waals surface area (Å²) in [6, 6.07) is 7.11. The number of rotatable bonds is 5. The average Bonchev–Trinajstić information content (AvgIpc) is 2.56.